The van der Waals surface area contributed by atoms with E-state index in [9.17, 15) is 0 Å². The Morgan fingerprint density at radius 3 is 2.94 bits per heavy atom. The van der Waals surface area contributed by atoms with Gasteiger partial charge in [-0.3, -0.25) is 9.88 Å². The van der Waals surface area contributed by atoms with Gasteiger partial charge in [0.15, 0.2) is 0 Å². The maximum atomic E-state index is 5.56. The van der Waals surface area contributed by atoms with Crippen molar-refractivity contribution >= 4 is 0 Å². The van der Waals surface area contributed by atoms with E-state index in [1.807, 2.05) is 24.7 Å². The van der Waals surface area contributed by atoms with Gasteiger partial charge in [-0.15, -0.1) is 0 Å². The van der Waals surface area contributed by atoms with Crippen molar-refractivity contribution in [2.75, 3.05) is 6.54 Å². The molecule has 5 heteroatoms. The van der Waals surface area contributed by atoms with Crippen LogP contribution in [0.5, 0.6) is 0 Å². The van der Waals surface area contributed by atoms with Crippen LogP contribution < -0.4 is 5.73 Å². The summed E-state index contributed by atoms with van der Waals surface area (Å²) in [5, 5.41) is 0. The first-order chi connectivity index (χ1) is 8.85. The van der Waals surface area contributed by atoms with Crippen LogP contribution in [0.3, 0.4) is 0 Å². The Morgan fingerprint density at radius 1 is 1.22 bits per heavy atom. The van der Waals surface area contributed by atoms with E-state index >= 15 is 0 Å². The van der Waals surface area contributed by atoms with Gasteiger partial charge < -0.3 is 10.3 Å². The Morgan fingerprint density at radius 2 is 2.17 bits per heavy atom. The van der Waals surface area contributed by atoms with Gasteiger partial charge in [0.1, 0.15) is 5.82 Å². The van der Waals surface area contributed by atoms with Crippen LogP contribution in [-0.2, 0) is 26.2 Å². The lowest BCUT2D eigenvalue weighted by Crippen LogP contribution is -2.33. The molecule has 0 unspecified atom stereocenters. The summed E-state index contributed by atoms with van der Waals surface area (Å²) in [6.07, 6.45) is 5.77. The summed E-state index contributed by atoms with van der Waals surface area (Å²) in [5.74, 6) is 1.14. The molecule has 3 heterocycles. The Labute approximate surface area is 106 Å². The van der Waals surface area contributed by atoms with Crippen molar-refractivity contribution < 1.29 is 0 Å². The topological polar surface area (TPSA) is 60.0 Å². The summed E-state index contributed by atoms with van der Waals surface area (Å²) in [6, 6.07) is 4.11. The molecule has 1 aliphatic heterocycles. The van der Waals surface area contributed by atoms with Crippen LogP contribution in [0.25, 0.3) is 0 Å². The van der Waals surface area contributed by atoms with Crippen molar-refractivity contribution in [2.24, 2.45) is 5.73 Å². The lowest BCUT2D eigenvalue weighted by molar-refractivity contribution is 0.206. The Hall–Kier alpha value is -1.72. The molecule has 0 radical (unpaired) electrons. The molecule has 0 aromatic carbocycles. The molecule has 0 saturated carbocycles. The van der Waals surface area contributed by atoms with E-state index in [1.165, 1.54) is 0 Å². The zero-order chi connectivity index (χ0) is 12.4. The second-order valence-electron chi connectivity index (χ2n) is 4.61. The van der Waals surface area contributed by atoms with Gasteiger partial charge in [0.2, 0.25) is 0 Å². The van der Waals surface area contributed by atoms with Gasteiger partial charge in [-0.25, -0.2) is 4.98 Å². The lowest BCUT2D eigenvalue weighted by atomic mass is 10.2. The summed E-state index contributed by atoms with van der Waals surface area (Å²) < 4.78 is 2.21. The van der Waals surface area contributed by atoms with Crippen molar-refractivity contribution in [1.29, 1.82) is 0 Å². The van der Waals surface area contributed by atoms with Gasteiger partial charge in [0, 0.05) is 44.8 Å². The summed E-state index contributed by atoms with van der Waals surface area (Å²) in [7, 11) is 0. The lowest BCUT2D eigenvalue weighted by Gasteiger charge is -2.27. The zero-order valence-corrected chi connectivity index (χ0v) is 10.3. The molecule has 0 aliphatic carbocycles. The van der Waals surface area contributed by atoms with Crippen LogP contribution in [0.15, 0.2) is 30.7 Å². The highest BCUT2D eigenvalue weighted by Gasteiger charge is 2.16. The highest BCUT2D eigenvalue weighted by molar-refractivity contribution is 5.13. The first kappa shape index (κ1) is 11.4. The van der Waals surface area contributed by atoms with Gasteiger partial charge in [-0.2, -0.15) is 0 Å². The van der Waals surface area contributed by atoms with Crippen LogP contribution >= 0.6 is 0 Å². The molecule has 18 heavy (non-hydrogen) atoms. The van der Waals surface area contributed by atoms with E-state index in [0.717, 1.165) is 43.3 Å². The average Bonchev–Trinajstić information content (AvgIpc) is 2.87. The molecule has 0 atom stereocenters. The monoisotopic (exact) mass is 243 g/mol. The third-order valence-electron chi connectivity index (χ3n) is 3.33. The normalized spacial score (nSPS) is 15.6. The number of aromatic nitrogens is 3. The number of nitrogens with two attached hydrogens (primary N) is 1. The molecule has 0 fully saturated rings. The highest BCUT2D eigenvalue weighted by atomic mass is 15.2. The van der Waals surface area contributed by atoms with E-state index in [4.69, 9.17) is 5.73 Å². The van der Waals surface area contributed by atoms with Crippen molar-refractivity contribution in [1.82, 2.24) is 19.4 Å². The van der Waals surface area contributed by atoms with E-state index in [-0.39, 0.29) is 0 Å². The fourth-order valence-corrected chi connectivity index (χ4v) is 2.26. The predicted molar refractivity (Wildman–Crippen MR) is 68.5 cm³/mol. The fourth-order valence-electron chi connectivity index (χ4n) is 2.26. The molecule has 1 aliphatic rings. The third kappa shape index (κ3) is 2.27. The molecular formula is C13H17N5. The van der Waals surface area contributed by atoms with Crippen LogP contribution in [0, 0.1) is 0 Å². The minimum Gasteiger partial charge on any atom is -0.333 e. The van der Waals surface area contributed by atoms with Crippen LogP contribution in [-0.4, -0.2) is 26.0 Å². The van der Waals surface area contributed by atoms with Gasteiger partial charge in [0.05, 0.1) is 12.2 Å². The van der Waals surface area contributed by atoms with Crippen molar-refractivity contribution in [3.8, 4) is 0 Å². The zero-order valence-electron chi connectivity index (χ0n) is 10.3. The van der Waals surface area contributed by atoms with Gasteiger partial charge in [-0.1, -0.05) is 6.07 Å². The first-order valence-electron chi connectivity index (χ1n) is 6.21. The second kappa shape index (κ2) is 4.88. The number of nitrogens with zero attached hydrogens (tertiary/aromatic N) is 4. The molecule has 2 aromatic heterocycles. The second-order valence-corrected chi connectivity index (χ2v) is 4.61. The van der Waals surface area contributed by atoms with E-state index in [2.05, 4.69) is 25.5 Å². The minimum absolute atomic E-state index is 0.550. The average molecular weight is 243 g/mol. The minimum atomic E-state index is 0.550. The smallest absolute Gasteiger partial charge is 0.122 e. The summed E-state index contributed by atoms with van der Waals surface area (Å²) in [4.78, 5) is 11.2. The van der Waals surface area contributed by atoms with Crippen LogP contribution in [0.2, 0.25) is 0 Å². The Kier molecular flexibility index (Phi) is 3.08. The van der Waals surface area contributed by atoms with Gasteiger partial charge in [0.25, 0.3) is 0 Å². The van der Waals surface area contributed by atoms with Crippen molar-refractivity contribution in [3.63, 3.8) is 0 Å². The SMILES string of the molecule is NCc1ccc(CN2CCn3ccnc3C2)nc1. The number of hydrogen-bond acceptors (Lipinski definition) is 4. The molecule has 3 rings (SSSR count). The van der Waals surface area contributed by atoms with Crippen molar-refractivity contribution in [2.45, 2.75) is 26.2 Å². The number of hydrogen-bond donors (Lipinski definition) is 1. The summed E-state index contributed by atoms with van der Waals surface area (Å²) in [5.41, 5.74) is 7.73. The molecule has 0 amide bonds. The quantitative estimate of drug-likeness (QED) is 0.864. The largest absolute Gasteiger partial charge is 0.333 e. The van der Waals surface area contributed by atoms with E-state index < -0.39 is 0 Å². The molecule has 0 saturated heterocycles. The molecule has 5 nitrogen and oxygen atoms in total. The van der Waals surface area contributed by atoms with Crippen LogP contribution in [0.4, 0.5) is 0 Å². The fraction of sp³-hybridized carbons (Fsp3) is 0.385. The maximum Gasteiger partial charge on any atom is 0.122 e. The Balaban J connectivity index is 1.67. The standard InChI is InChI=1S/C13H17N5/c14-7-11-1-2-12(16-8-11)9-17-5-6-18-4-3-15-13(18)10-17/h1-4,8H,5-7,9-10,14H2. The van der Waals surface area contributed by atoms with Gasteiger partial charge in [-0.05, 0) is 11.6 Å². The van der Waals surface area contributed by atoms with Crippen molar-refractivity contribution in [3.05, 3.63) is 47.8 Å². The number of fused-ring (bicyclic) bond motifs is 1. The van der Waals surface area contributed by atoms with E-state index in [0.29, 0.717) is 6.54 Å². The number of rotatable bonds is 3. The molecule has 2 N–H and O–H groups in total. The number of imidazole rings is 1. The molecule has 2 aromatic rings. The number of pyridine rings is 1. The third-order valence-corrected chi connectivity index (χ3v) is 3.33. The molecule has 0 spiro atoms. The van der Waals surface area contributed by atoms with Gasteiger partial charge >= 0.3 is 0 Å². The van der Waals surface area contributed by atoms with Crippen LogP contribution in [0.1, 0.15) is 17.1 Å². The predicted octanol–water partition coefficient (Wildman–Crippen LogP) is 0.753. The molecule has 94 valence electrons. The Bertz CT molecular complexity index is 516. The molecule has 0 bridgehead atoms. The maximum absolute atomic E-state index is 5.56. The highest BCUT2D eigenvalue weighted by Crippen LogP contribution is 2.13. The summed E-state index contributed by atoms with van der Waals surface area (Å²) >= 11 is 0. The summed E-state index contributed by atoms with van der Waals surface area (Å²) in [6.45, 7) is 4.37. The van der Waals surface area contributed by atoms with E-state index in [1.54, 1.807) is 0 Å². The first-order valence-corrected chi connectivity index (χ1v) is 6.21. The molecular weight excluding hydrogens is 226 g/mol.